The van der Waals surface area contributed by atoms with Gasteiger partial charge in [-0.25, -0.2) is 4.79 Å². The molecule has 0 spiro atoms. The first-order valence-electron chi connectivity index (χ1n) is 8.89. The van der Waals surface area contributed by atoms with E-state index in [9.17, 15) is 4.79 Å². The number of aromatic nitrogens is 4. The smallest absolute Gasteiger partial charge is 0.368 e. The van der Waals surface area contributed by atoms with Crippen LogP contribution in [0.3, 0.4) is 0 Å². The van der Waals surface area contributed by atoms with Crippen molar-refractivity contribution in [1.29, 1.82) is 0 Å². The summed E-state index contributed by atoms with van der Waals surface area (Å²) in [5, 5.41) is 13.7. The zero-order valence-corrected chi connectivity index (χ0v) is 16.7. The lowest BCUT2D eigenvalue weighted by molar-refractivity contribution is 0.302. The molecule has 8 nitrogen and oxygen atoms in total. The van der Waals surface area contributed by atoms with Crippen molar-refractivity contribution in [3.05, 3.63) is 69.1 Å². The lowest BCUT2D eigenvalue weighted by Gasteiger charge is -2.14. The Morgan fingerprint density at radius 3 is 2.57 bits per heavy atom. The molecule has 1 heterocycles. The highest BCUT2D eigenvalue weighted by Gasteiger charge is 2.14. The molecule has 0 unspecified atom stereocenters. The van der Waals surface area contributed by atoms with E-state index in [0.29, 0.717) is 12.3 Å². The molecule has 3 rings (SSSR count). The Kier molecular flexibility index (Phi) is 5.58. The van der Waals surface area contributed by atoms with Gasteiger partial charge in [-0.05, 0) is 65.2 Å². The molecule has 0 fully saturated rings. The minimum absolute atomic E-state index is 0.299. The quantitative estimate of drug-likeness (QED) is 0.483. The van der Waals surface area contributed by atoms with E-state index in [2.05, 4.69) is 15.5 Å². The van der Waals surface area contributed by atoms with Gasteiger partial charge < -0.3 is 9.75 Å². The Balaban J connectivity index is 1.86. The number of nitrogens with zero attached hydrogens (tertiary/aromatic N) is 6. The predicted octanol–water partition coefficient (Wildman–Crippen LogP) is 2.06. The van der Waals surface area contributed by atoms with Crippen molar-refractivity contribution in [2.45, 2.75) is 20.5 Å². The second-order valence-corrected chi connectivity index (χ2v) is 6.77. The molecule has 0 atom stereocenters. The lowest BCUT2D eigenvalue weighted by Crippen LogP contribution is -2.23. The molecule has 146 valence electrons. The van der Waals surface area contributed by atoms with Crippen LogP contribution < -0.4 is 10.4 Å². The Morgan fingerprint density at radius 2 is 1.93 bits per heavy atom. The first-order chi connectivity index (χ1) is 13.4. The second-order valence-electron chi connectivity index (χ2n) is 6.77. The summed E-state index contributed by atoms with van der Waals surface area (Å²) in [7, 11) is 5.33. The van der Waals surface area contributed by atoms with Crippen LogP contribution in [0.15, 0.2) is 46.3 Å². The third-order valence-corrected chi connectivity index (χ3v) is 4.34. The van der Waals surface area contributed by atoms with Gasteiger partial charge in [0.15, 0.2) is 0 Å². The number of benzene rings is 2. The Labute approximate surface area is 163 Å². The van der Waals surface area contributed by atoms with E-state index in [1.165, 1.54) is 9.36 Å². The maximum Gasteiger partial charge on any atom is 0.368 e. The van der Waals surface area contributed by atoms with E-state index in [1.54, 1.807) is 18.3 Å². The summed E-state index contributed by atoms with van der Waals surface area (Å²) in [6, 6.07) is 11.6. The van der Waals surface area contributed by atoms with Crippen LogP contribution in [0.25, 0.3) is 5.69 Å². The number of rotatable bonds is 6. The van der Waals surface area contributed by atoms with Gasteiger partial charge in [0.25, 0.3) is 0 Å². The van der Waals surface area contributed by atoms with Gasteiger partial charge in [0.2, 0.25) is 0 Å². The first kappa shape index (κ1) is 19.3. The van der Waals surface area contributed by atoms with Crippen molar-refractivity contribution < 1.29 is 4.74 Å². The summed E-state index contributed by atoms with van der Waals surface area (Å²) in [4.78, 5) is 12.3. The minimum Gasteiger partial charge on any atom is -0.489 e. The molecular formula is C20H24N6O2. The normalized spacial score (nSPS) is 11.2. The van der Waals surface area contributed by atoms with Crippen molar-refractivity contribution >= 4 is 6.21 Å². The summed E-state index contributed by atoms with van der Waals surface area (Å²) in [6.45, 7) is 4.29. The summed E-state index contributed by atoms with van der Waals surface area (Å²) < 4.78 is 8.56. The van der Waals surface area contributed by atoms with E-state index in [0.717, 1.165) is 28.0 Å². The third kappa shape index (κ3) is 4.11. The summed E-state index contributed by atoms with van der Waals surface area (Å²) in [5.41, 5.74) is 4.29. The highest BCUT2D eigenvalue weighted by atomic mass is 16.5. The minimum atomic E-state index is -0.299. The van der Waals surface area contributed by atoms with Crippen LogP contribution in [0, 0.1) is 13.8 Å². The van der Waals surface area contributed by atoms with Crippen molar-refractivity contribution in [1.82, 2.24) is 24.8 Å². The number of hydrazone groups is 1. The molecule has 0 N–H and O–H groups in total. The molecule has 0 aliphatic rings. The fourth-order valence-corrected chi connectivity index (χ4v) is 2.78. The van der Waals surface area contributed by atoms with Gasteiger partial charge in [0, 0.05) is 26.7 Å². The molecule has 2 aromatic carbocycles. The molecule has 0 aliphatic heterocycles. The summed E-state index contributed by atoms with van der Waals surface area (Å²) in [6.07, 6.45) is 1.80. The standard InChI is InChI=1S/C20H24N6O2/c1-14-7-6-8-18(26-20(27)25(5)22-23-26)17(14)13-28-19-10-9-16(11-15(19)2)12-21-24(3)4/h6-12H,13H2,1-5H3. The molecule has 0 saturated carbocycles. The summed E-state index contributed by atoms with van der Waals surface area (Å²) in [5.74, 6) is 0.780. The average Bonchev–Trinajstić information content (AvgIpc) is 2.99. The Morgan fingerprint density at radius 1 is 1.14 bits per heavy atom. The van der Waals surface area contributed by atoms with Gasteiger partial charge in [-0.3, -0.25) is 0 Å². The maximum absolute atomic E-state index is 12.3. The van der Waals surface area contributed by atoms with Crippen LogP contribution in [0.2, 0.25) is 0 Å². The van der Waals surface area contributed by atoms with E-state index >= 15 is 0 Å². The molecule has 0 bridgehead atoms. The van der Waals surface area contributed by atoms with E-state index in [-0.39, 0.29) is 5.69 Å². The van der Waals surface area contributed by atoms with Crippen LogP contribution in [0.5, 0.6) is 5.75 Å². The van der Waals surface area contributed by atoms with Gasteiger partial charge in [-0.1, -0.05) is 12.1 Å². The SMILES string of the molecule is Cc1cc(C=NN(C)C)ccc1OCc1c(C)cccc1-n1nnn(C)c1=O. The van der Waals surface area contributed by atoms with Crippen LogP contribution in [0.1, 0.15) is 22.3 Å². The molecule has 0 amide bonds. The van der Waals surface area contributed by atoms with Crippen molar-refractivity contribution in [2.75, 3.05) is 14.1 Å². The zero-order chi connectivity index (χ0) is 20.3. The number of aryl methyl sites for hydroxylation is 3. The predicted molar refractivity (Wildman–Crippen MR) is 108 cm³/mol. The van der Waals surface area contributed by atoms with Gasteiger partial charge >= 0.3 is 5.69 Å². The monoisotopic (exact) mass is 380 g/mol. The van der Waals surface area contributed by atoms with Gasteiger partial charge in [0.1, 0.15) is 12.4 Å². The van der Waals surface area contributed by atoms with Crippen LogP contribution in [-0.4, -0.2) is 45.1 Å². The van der Waals surface area contributed by atoms with Crippen molar-refractivity contribution in [3.63, 3.8) is 0 Å². The van der Waals surface area contributed by atoms with E-state index in [4.69, 9.17) is 4.74 Å². The number of hydrogen-bond acceptors (Lipinski definition) is 6. The molecule has 1 aromatic heterocycles. The number of tetrazole rings is 1. The van der Waals surface area contributed by atoms with E-state index in [1.807, 2.05) is 64.3 Å². The fraction of sp³-hybridized carbons (Fsp3) is 0.300. The highest BCUT2D eigenvalue weighted by molar-refractivity contribution is 5.80. The average molecular weight is 380 g/mol. The topological polar surface area (TPSA) is 77.5 Å². The molecule has 28 heavy (non-hydrogen) atoms. The van der Waals surface area contributed by atoms with E-state index < -0.39 is 0 Å². The Hall–Kier alpha value is -3.42. The number of ether oxygens (including phenoxy) is 1. The molecular weight excluding hydrogens is 356 g/mol. The molecule has 0 aliphatic carbocycles. The van der Waals surface area contributed by atoms with Gasteiger partial charge in [-0.15, -0.1) is 0 Å². The number of hydrogen-bond donors (Lipinski definition) is 0. The third-order valence-electron chi connectivity index (χ3n) is 4.34. The van der Waals surface area contributed by atoms with Gasteiger partial charge in [-0.2, -0.15) is 14.5 Å². The maximum atomic E-state index is 12.3. The fourth-order valence-electron chi connectivity index (χ4n) is 2.78. The Bertz CT molecular complexity index is 1060. The lowest BCUT2D eigenvalue weighted by atomic mass is 10.1. The molecule has 8 heteroatoms. The molecule has 0 saturated heterocycles. The van der Waals surface area contributed by atoms with Crippen LogP contribution in [-0.2, 0) is 13.7 Å². The van der Waals surface area contributed by atoms with Gasteiger partial charge in [0.05, 0.1) is 11.9 Å². The first-order valence-corrected chi connectivity index (χ1v) is 8.89. The van der Waals surface area contributed by atoms with Crippen LogP contribution >= 0.6 is 0 Å². The molecule has 3 aromatic rings. The largest absolute Gasteiger partial charge is 0.489 e. The summed E-state index contributed by atoms with van der Waals surface area (Å²) >= 11 is 0. The zero-order valence-electron chi connectivity index (χ0n) is 16.7. The van der Waals surface area contributed by atoms with Crippen LogP contribution in [0.4, 0.5) is 0 Å². The molecule has 0 radical (unpaired) electrons. The second kappa shape index (κ2) is 8.08. The van der Waals surface area contributed by atoms with Crippen molar-refractivity contribution in [2.24, 2.45) is 12.1 Å². The highest BCUT2D eigenvalue weighted by Crippen LogP contribution is 2.23. The van der Waals surface area contributed by atoms with Crippen molar-refractivity contribution in [3.8, 4) is 11.4 Å².